The summed E-state index contributed by atoms with van der Waals surface area (Å²) in [5.41, 5.74) is 9.41. The zero-order chi connectivity index (χ0) is 18.1. The van der Waals surface area contributed by atoms with Gasteiger partial charge in [-0.05, 0) is 30.5 Å². The highest BCUT2D eigenvalue weighted by Gasteiger charge is 2.22. The first-order valence-electron chi connectivity index (χ1n) is 8.64. The molecule has 1 atom stereocenters. The molecule has 1 aliphatic heterocycles. The highest BCUT2D eigenvalue weighted by molar-refractivity contribution is 7.16. The topological polar surface area (TPSA) is 87.9 Å². The molecule has 1 aliphatic rings. The molecule has 3 heterocycles. The molecule has 3 aromatic rings. The molecule has 1 unspecified atom stereocenters. The van der Waals surface area contributed by atoms with E-state index in [1.165, 1.54) is 0 Å². The molecule has 6 nitrogen and oxygen atoms in total. The Kier molecular flexibility index (Phi) is 4.45. The molecule has 0 spiro atoms. The Bertz CT molecular complexity index is 1050. The van der Waals surface area contributed by atoms with Gasteiger partial charge in [0.2, 0.25) is 0 Å². The fraction of sp³-hybridized carbons (Fsp3) is 0.316. The van der Waals surface area contributed by atoms with Crippen LogP contribution in [0.3, 0.4) is 0 Å². The van der Waals surface area contributed by atoms with Crippen molar-refractivity contribution in [2.24, 2.45) is 5.73 Å². The molecule has 132 valence electrons. The molecule has 0 saturated carbocycles. The van der Waals surface area contributed by atoms with E-state index in [0.29, 0.717) is 12.1 Å². The summed E-state index contributed by atoms with van der Waals surface area (Å²) in [6, 6.07) is 11.7. The van der Waals surface area contributed by atoms with Gasteiger partial charge in [-0.25, -0.2) is 4.98 Å². The summed E-state index contributed by atoms with van der Waals surface area (Å²) in [5, 5.41) is 9.35. The van der Waals surface area contributed by atoms with Gasteiger partial charge in [-0.1, -0.05) is 29.5 Å². The number of pyridine rings is 1. The number of nitrogens with two attached hydrogens (primary N) is 1. The van der Waals surface area contributed by atoms with Gasteiger partial charge in [0.25, 0.3) is 0 Å². The van der Waals surface area contributed by atoms with Crippen LogP contribution in [0.4, 0.5) is 5.69 Å². The van der Waals surface area contributed by atoms with E-state index in [9.17, 15) is 10.1 Å². The van der Waals surface area contributed by atoms with Crippen LogP contribution < -0.4 is 15.5 Å². The van der Waals surface area contributed by atoms with E-state index in [2.05, 4.69) is 16.0 Å². The van der Waals surface area contributed by atoms with E-state index in [1.54, 1.807) is 16.8 Å². The first kappa shape index (κ1) is 16.8. The third kappa shape index (κ3) is 2.98. The zero-order valence-corrected chi connectivity index (χ0v) is 15.1. The first-order chi connectivity index (χ1) is 12.7. The van der Waals surface area contributed by atoms with Crippen molar-refractivity contribution in [2.45, 2.75) is 25.4 Å². The summed E-state index contributed by atoms with van der Waals surface area (Å²) in [6.07, 6.45) is 3.81. The summed E-state index contributed by atoms with van der Waals surface area (Å²) in [4.78, 5) is 20.0. The van der Waals surface area contributed by atoms with Crippen molar-refractivity contribution < 1.29 is 0 Å². The largest absolute Gasteiger partial charge is 0.368 e. The molecule has 1 fully saturated rings. The number of rotatable bonds is 3. The van der Waals surface area contributed by atoms with Gasteiger partial charge >= 0.3 is 4.87 Å². The van der Waals surface area contributed by atoms with Crippen LogP contribution in [0.1, 0.15) is 24.0 Å². The van der Waals surface area contributed by atoms with E-state index in [0.717, 1.165) is 58.9 Å². The summed E-state index contributed by atoms with van der Waals surface area (Å²) in [5.74, 6) is 0. The Hall–Kier alpha value is -2.69. The predicted molar refractivity (Wildman–Crippen MR) is 104 cm³/mol. The molecular weight excluding hydrogens is 346 g/mol. The van der Waals surface area contributed by atoms with Crippen LogP contribution in [-0.2, 0) is 6.54 Å². The second kappa shape index (κ2) is 6.90. The predicted octanol–water partition coefficient (Wildman–Crippen LogP) is 2.31. The lowest BCUT2D eigenvalue weighted by molar-refractivity contribution is 0.506. The van der Waals surface area contributed by atoms with Gasteiger partial charge < -0.3 is 10.6 Å². The van der Waals surface area contributed by atoms with Gasteiger partial charge in [0.1, 0.15) is 10.3 Å². The quantitative estimate of drug-likeness (QED) is 0.769. The fourth-order valence-corrected chi connectivity index (χ4v) is 4.40. The number of aromatic nitrogens is 2. The van der Waals surface area contributed by atoms with Crippen molar-refractivity contribution in [3.8, 4) is 6.07 Å². The number of hydrogen-bond acceptors (Lipinski definition) is 6. The van der Waals surface area contributed by atoms with Crippen LogP contribution in [0.2, 0.25) is 0 Å². The van der Waals surface area contributed by atoms with Crippen molar-refractivity contribution in [1.29, 1.82) is 5.26 Å². The number of anilines is 1. The highest BCUT2D eigenvalue weighted by atomic mass is 32.1. The smallest absolute Gasteiger partial charge is 0.310 e. The average molecular weight is 365 g/mol. The van der Waals surface area contributed by atoms with Gasteiger partial charge in [0, 0.05) is 25.3 Å². The van der Waals surface area contributed by atoms with Crippen LogP contribution in [0.15, 0.2) is 41.3 Å². The molecule has 4 rings (SSSR count). The lowest BCUT2D eigenvalue weighted by atomic mass is 10.1. The van der Waals surface area contributed by atoms with Gasteiger partial charge in [0.05, 0.1) is 23.9 Å². The molecule has 2 N–H and O–H groups in total. The van der Waals surface area contributed by atoms with Crippen molar-refractivity contribution in [3.05, 3.63) is 57.3 Å². The van der Waals surface area contributed by atoms with E-state index in [-0.39, 0.29) is 10.9 Å². The maximum Gasteiger partial charge on any atom is 0.310 e. The monoisotopic (exact) mass is 365 g/mol. The highest BCUT2D eigenvalue weighted by Crippen LogP contribution is 2.29. The molecule has 0 radical (unpaired) electrons. The number of thiazole rings is 1. The van der Waals surface area contributed by atoms with Crippen LogP contribution in [0, 0.1) is 11.3 Å². The van der Waals surface area contributed by atoms with E-state index < -0.39 is 0 Å². The molecule has 7 heteroatoms. The molecular formula is C19H19N5OS. The summed E-state index contributed by atoms with van der Waals surface area (Å²) < 4.78 is 1.73. The zero-order valence-electron chi connectivity index (χ0n) is 14.3. The minimum absolute atomic E-state index is 0.0611. The normalized spacial score (nSPS) is 17.4. The number of nitrogens with zero attached hydrogens (tertiary/aromatic N) is 4. The van der Waals surface area contributed by atoms with Crippen LogP contribution >= 0.6 is 11.3 Å². The number of nitriles is 1. The number of piperidine rings is 1. The summed E-state index contributed by atoms with van der Waals surface area (Å²) in [6.45, 7) is 2.06. The maximum absolute atomic E-state index is 12.7. The third-order valence-corrected chi connectivity index (χ3v) is 5.70. The molecule has 1 aromatic carbocycles. The number of benzene rings is 1. The van der Waals surface area contributed by atoms with Gasteiger partial charge in [0.15, 0.2) is 0 Å². The second-order valence-electron chi connectivity index (χ2n) is 6.56. The van der Waals surface area contributed by atoms with Crippen molar-refractivity contribution in [3.63, 3.8) is 0 Å². The summed E-state index contributed by atoms with van der Waals surface area (Å²) in [7, 11) is 0. The minimum Gasteiger partial charge on any atom is -0.368 e. The Labute approximate surface area is 155 Å². The lowest BCUT2D eigenvalue weighted by Gasteiger charge is -2.33. The average Bonchev–Trinajstić information content (AvgIpc) is 2.97. The Morgan fingerprint density at radius 2 is 2.19 bits per heavy atom. The number of fused-ring (bicyclic) bond motifs is 1. The standard InChI is InChI=1S/C19H19N5OS/c20-10-13-4-1-2-5-14(13)11-24-17-16(23-9-3-6-15(21)12-23)7-8-22-18(17)26-19(24)25/h1-2,4-5,7-8,15H,3,6,9,11-12,21H2. The van der Waals surface area contributed by atoms with Crippen LogP contribution in [0.25, 0.3) is 10.3 Å². The number of hydrogen-bond donors (Lipinski definition) is 1. The van der Waals surface area contributed by atoms with Gasteiger partial charge in [-0.15, -0.1) is 0 Å². The van der Waals surface area contributed by atoms with Crippen molar-refractivity contribution in [2.75, 3.05) is 18.0 Å². The first-order valence-corrected chi connectivity index (χ1v) is 9.46. The molecule has 2 aromatic heterocycles. The Morgan fingerprint density at radius 1 is 1.35 bits per heavy atom. The van der Waals surface area contributed by atoms with E-state index >= 15 is 0 Å². The molecule has 0 aliphatic carbocycles. The van der Waals surface area contributed by atoms with Crippen molar-refractivity contribution >= 4 is 27.4 Å². The second-order valence-corrected chi connectivity index (χ2v) is 7.50. The third-order valence-electron chi connectivity index (χ3n) is 4.81. The molecule has 1 saturated heterocycles. The summed E-state index contributed by atoms with van der Waals surface area (Å²) >= 11 is 1.15. The minimum atomic E-state index is -0.0611. The lowest BCUT2D eigenvalue weighted by Crippen LogP contribution is -2.43. The van der Waals surface area contributed by atoms with Gasteiger partial charge in [-0.2, -0.15) is 5.26 Å². The fourth-order valence-electron chi connectivity index (χ4n) is 3.55. The van der Waals surface area contributed by atoms with E-state index in [1.807, 2.05) is 24.3 Å². The Balaban J connectivity index is 1.83. The molecule has 26 heavy (non-hydrogen) atoms. The SMILES string of the molecule is N#Cc1ccccc1Cn1c(=O)sc2nccc(N3CCCC(N)C3)c21. The van der Waals surface area contributed by atoms with Crippen molar-refractivity contribution in [1.82, 2.24) is 9.55 Å². The molecule has 0 bridgehead atoms. The van der Waals surface area contributed by atoms with Gasteiger partial charge in [-0.3, -0.25) is 9.36 Å². The molecule has 0 amide bonds. The Morgan fingerprint density at radius 3 is 3.00 bits per heavy atom. The van der Waals surface area contributed by atoms with E-state index in [4.69, 9.17) is 5.73 Å². The van der Waals surface area contributed by atoms with Crippen LogP contribution in [-0.4, -0.2) is 28.7 Å². The maximum atomic E-state index is 12.7. The van der Waals surface area contributed by atoms with Crippen LogP contribution in [0.5, 0.6) is 0 Å².